The number of phenols is 1. The standard InChI is InChI=1S/C29H29N3O5/c1-19-14-22(18-32-28(35)23-4-2-3-5-24(23)29(32)36)15-25(26(19)33)27(34)30-16-20-6-8-21(9-7-20)17-31-10-12-37-13-11-31/h2-9,14-15,33H,10-13,16-18H2,1H3,(H,30,34). The Hall–Kier alpha value is -4.01. The van der Waals surface area contributed by atoms with Gasteiger partial charge in [-0.3, -0.25) is 24.2 Å². The zero-order valence-corrected chi connectivity index (χ0v) is 20.7. The van der Waals surface area contributed by atoms with Gasteiger partial charge in [-0.1, -0.05) is 42.5 Å². The minimum Gasteiger partial charge on any atom is -0.507 e. The summed E-state index contributed by atoms with van der Waals surface area (Å²) < 4.78 is 5.39. The maximum absolute atomic E-state index is 13.0. The molecule has 8 nitrogen and oxygen atoms in total. The summed E-state index contributed by atoms with van der Waals surface area (Å²) in [6, 6.07) is 18.0. The Kier molecular flexibility index (Phi) is 7.03. The molecule has 1 fully saturated rings. The minimum absolute atomic E-state index is 0.0123. The molecule has 0 atom stereocenters. The highest BCUT2D eigenvalue weighted by molar-refractivity contribution is 6.21. The van der Waals surface area contributed by atoms with Gasteiger partial charge in [0.15, 0.2) is 0 Å². The molecule has 0 aliphatic carbocycles. The van der Waals surface area contributed by atoms with Gasteiger partial charge in [0, 0.05) is 26.2 Å². The first kappa shape index (κ1) is 24.7. The monoisotopic (exact) mass is 499 g/mol. The number of benzene rings is 3. The van der Waals surface area contributed by atoms with Gasteiger partial charge in [0.2, 0.25) is 0 Å². The van der Waals surface area contributed by atoms with Crippen molar-refractivity contribution in [2.24, 2.45) is 0 Å². The van der Waals surface area contributed by atoms with Gasteiger partial charge in [0.1, 0.15) is 5.75 Å². The third-order valence-electron chi connectivity index (χ3n) is 6.81. The number of fused-ring (bicyclic) bond motifs is 1. The first-order chi connectivity index (χ1) is 17.9. The summed E-state index contributed by atoms with van der Waals surface area (Å²) in [6.45, 7) is 6.23. The van der Waals surface area contributed by atoms with Gasteiger partial charge in [0.25, 0.3) is 17.7 Å². The van der Waals surface area contributed by atoms with E-state index >= 15 is 0 Å². The Labute approximate surface area is 215 Å². The van der Waals surface area contributed by atoms with Crippen LogP contribution in [-0.4, -0.2) is 58.9 Å². The molecule has 37 heavy (non-hydrogen) atoms. The Morgan fingerprint density at radius 3 is 2.16 bits per heavy atom. The smallest absolute Gasteiger partial charge is 0.261 e. The first-order valence-corrected chi connectivity index (χ1v) is 12.3. The zero-order valence-electron chi connectivity index (χ0n) is 20.7. The molecule has 0 aromatic heterocycles. The number of aryl methyl sites for hydroxylation is 1. The van der Waals surface area contributed by atoms with E-state index in [0.717, 1.165) is 43.3 Å². The van der Waals surface area contributed by atoms with Crippen molar-refractivity contribution >= 4 is 17.7 Å². The number of phenolic OH excluding ortho intramolecular Hbond substituents is 1. The maximum atomic E-state index is 13.0. The summed E-state index contributed by atoms with van der Waals surface area (Å²) >= 11 is 0. The quantitative estimate of drug-likeness (QED) is 0.484. The van der Waals surface area contributed by atoms with Crippen molar-refractivity contribution in [1.82, 2.24) is 15.1 Å². The molecule has 3 amide bonds. The lowest BCUT2D eigenvalue weighted by molar-refractivity contribution is 0.0342. The summed E-state index contributed by atoms with van der Waals surface area (Å²) in [5, 5.41) is 13.4. The molecule has 1 saturated heterocycles. The van der Waals surface area contributed by atoms with Gasteiger partial charge >= 0.3 is 0 Å². The molecule has 0 radical (unpaired) electrons. The van der Waals surface area contributed by atoms with E-state index in [1.807, 2.05) is 12.1 Å². The summed E-state index contributed by atoms with van der Waals surface area (Å²) in [6.07, 6.45) is 0. The predicted octanol–water partition coefficient (Wildman–Crippen LogP) is 3.26. The van der Waals surface area contributed by atoms with Crippen LogP contribution in [0.2, 0.25) is 0 Å². The lowest BCUT2D eigenvalue weighted by Crippen LogP contribution is -2.35. The molecule has 2 heterocycles. The summed E-state index contributed by atoms with van der Waals surface area (Å²) in [7, 11) is 0. The second kappa shape index (κ2) is 10.5. The molecule has 3 aromatic rings. The van der Waals surface area contributed by atoms with Crippen LogP contribution in [-0.2, 0) is 24.4 Å². The first-order valence-electron chi connectivity index (χ1n) is 12.3. The predicted molar refractivity (Wildman–Crippen MR) is 137 cm³/mol. The number of amides is 3. The van der Waals surface area contributed by atoms with Gasteiger partial charge in [-0.05, 0) is 47.4 Å². The molecular weight excluding hydrogens is 470 g/mol. The minimum atomic E-state index is -0.429. The van der Waals surface area contributed by atoms with Gasteiger partial charge < -0.3 is 15.2 Å². The van der Waals surface area contributed by atoms with Crippen molar-refractivity contribution in [3.05, 3.63) is 99.6 Å². The van der Waals surface area contributed by atoms with E-state index < -0.39 is 5.91 Å². The summed E-state index contributed by atoms with van der Waals surface area (Å²) in [4.78, 5) is 42.0. The molecule has 0 bridgehead atoms. The van der Waals surface area contributed by atoms with Gasteiger partial charge in [-0.2, -0.15) is 0 Å². The van der Waals surface area contributed by atoms with Crippen LogP contribution in [0, 0.1) is 6.92 Å². The largest absolute Gasteiger partial charge is 0.507 e. The number of hydrogen-bond donors (Lipinski definition) is 2. The molecule has 3 aromatic carbocycles. The van der Waals surface area contributed by atoms with E-state index in [2.05, 4.69) is 22.3 Å². The lowest BCUT2D eigenvalue weighted by atomic mass is 10.0. The van der Waals surface area contributed by atoms with Gasteiger partial charge in [-0.15, -0.1) is 0 Å². The van der Waals surface area contributed by atoms with Crippen LogP contribution in [0.25, 0.3) is 0 Å². The number of carbonyl (C=O) groups excluding carboxylic acids is 3. The summed E-state index contributed by atoms with van der Waals surface area (Å²) in [5.41, 5.74) is 4.07. The van der Waals surface area contributed by atoms with Crippen molar-refractivity contribution in [3.63, 3.8) is 0 Å². The van der Waals surface area contributed by atoms with Crippen molar-refractivity contribution in [1.29, 1.82) is 0 Å². The molecule has 0 unspecified atom stereocenters. The van der Waals surface area contributed by atoms with Crippen molar-refractivity contribution in [2.45, 2.75) is 26.6 Å². The SMILES string of the molecule is Cc1cc(CN2C(=O)c3ccccc3C2=O)cc(C(=O)NCc2ccc(CN3CCOCC3)cc2)c1O. The van der Waals surface area contributed by atoms with Crippen LogP contribution in [0.3, 0.4) is 0 Å². The lowest BCUT2D eigenvalue weighted by Gasteiger charge is -2.26. The molecule has 0 spiro atoms. The number of morpholine rings is 1. The van der Waals surface area contributed by atoms with Crippen LogP contribution >= 0.6 is 0 Å². The normalized spacial score (nSPS) is 15.6. The third-order valence-corrected chi connectivity index (χ3v) is 6.81. The number of rotatable bonds is 7. The molecule has 2 aliphatic rings. The highest BCUT2D eigenvalue weighted by Crippen LogP contribution is 2.28. The van der Waals surface area contributed by atoms with E-state index in [9.17, 15) is 19.5 Å². The van der Waals surface area contributed by atoms with E-state index in [4.69, 9.17) is 4.74 Å². The molecule has 190 valence electrons. The van der Waals surface area contributed by atoms with Gasteiger partial charge in [0.05, 0.1) is 36.4 Å². The number of imide groups is 1. The van der Waals surface area contributed by atoms with Crippen LogP contribution in [0.15, 0.2) is 60.7 Å². The third kappa shape index (κ3) is 5.26. The van der Waals surface area contributed by atoms with Crippen LogP contribution in [0.1, 0.15) is 53.3 Å². The Morgan fingerprint density at radius 1 is 0.892 bits per heavy atom. The van der Waals surface area contributed by atoms with Crippen LogP contribution < -0.4 is 5.32 Å². The van der Waals surface area contributed by atoms with Crippen molar-refractivity contribution in [2.75, 3.05) is 26.3 Å². The fraction of sp³-hybridized carbons (Fsp3) is 0.276. The average Bonchev–Trinajstić information content (AvgIpc) is 3.15. The topological polar surface area (TPSA) is 99.2 Å². The number of hydrogen-bond acceptors (Lipinski definition) is 6. The molecule has 5 rings (SSSR count). The second-order valence-electron chi connectivity index (χ2n) is 9.44. The number of aromatic hydroxyl groups is 1. The van der Waals surface area contributed by atoms with E-state index in [-0.39, 0.29) is 29.7 Å². The van der Waals surface area contributed by atoms with Crippen molar-refractivity contribution < 1.29 is 24.2 Å². The number of carbonyl (C=O) groups is 3. The molecule has 8 heteroatoms. The van der Waals surface area contributed by atoms with Gasteiger partial charge in [-0.25, -0.2) is 0 Å². The number of ether oxygens (including phenoxy) is 1. The fourth-order valence-electron chi connectivity index (χ4n) is 4.74. The Morgan fingerprint density at radius 2 is 1.51 bits per heavy atom. The molecule has 2 aliphatic heterocycles. The number of nitrogens with zero attached hydrogens (tertiary/aromatic N) is 2. The van der Waals surface area contributed by atoms with Crippen LogP contribution in [0.5, 0.6) is 5.75 Å². The maximum Gasteiger partial charge on any atom is 0.261 e. The second-order valence-corrected chi connectivity index (χ2v) is 9.44. The van der Waals surface area contributed by atoms with Crippen LogP contribution in [0.4, 0.5) is 0 Å². The molecular formula is C29H29N3O5. The molecule has 2 N–H and O–H groups in total. The number of nitrogens with one attached hydrogen (secondary N) is 1. The highest BCUT2D eigenvalue weighted by Gasteiger charge is 2.35. The Bertz CT molecular complexity index is 1310. The molecule has 0 saturated carbocycles. The highest BCUT2D eigenvalue weighted by atomic mass is 16.5. The van der Waals surface area contributed by atoms with E-state index in [1.165, 1.54) is 11.6 Å². The van der Waals surface area contributed by atoms with E-state index in [0.29, 0.717) is 28.8 Å². The van der Waals surface area contributed by atoms with Crippen molar-refractivity contribution in [3.8, 4) is 5.75 Å². The fourth-order valence-corrected chi connectivity index (χ4v) is 4.74. The summed E-state index contributed by atoms with van der Waals surface area (Å²) in [5.74, 6) is -1.28. The van der Waals surface area contributed by atoms with E-state index in [1.54, 1.807) is 37.3 Å². The Balaban J connectivity index is 1.24. The zero-order chi connectivity index (χ0) is 25.9. The average molecular weight is 500 g/mol.